The minimum Gasteiger partial charge on any atom is -0.392 e. The van der Waals surface area contributed by atoms with Gasteiger partial charge in [0.2, 0.25) is 0 Å². The minimum absolute atomic E-state index is 0.107. The first kappa shape index (κ1) is 21.9. The number of aliphatic hydroxyl groups excluding tert-OH is 1. The standard InChI is InChI=1S/C26H26FN7O/c27-19-2-1-7-31-26(19)34-23-11-17(6-9-30-23)25-32-20(10-16-5-8-28-14-22(16)35)24-18(15-3-4-15)12-29-13-21(24)33-25/h1-2,6-7,9,11-13,15-16,22,28,35H,3-5,8,10,14H2,(H,30,31,34)/t16?,22-/m1/s1. The number of rotatable bonds is 6. The van der Waals surface area contributed by atoms with Crippen LogP contribution >= 0.6 is 0 Å². The monoisotopic (exact) mass is 471 g/mol. The van der Waals surface area contributed by atoms with Crippen molar-refractivity contribution in [2.45, 2.75) is 37.7 Å². The molecule has 5 heterocycles. The summed E-state index contributed by atoms with van der Waals surface area (Å²) in [6.45, 7) is 1.49. The molecule has 0 amide bonds. The molecule has 1 saturated carbocycles. The molecule has 2 atom stereocenters. The average Bonchev–Trinajstić information content (AvgIpc) is 3.72. The highest BCUT2D eigenvalue weighted by Gasteiger charge is 2.30. The first-order valence-electron chi connectivity index (χ1n) is 12.0. The van der Waals surface area contributed by atoms with Gasteiger partial charge in [-0.1, -0.05) is 0 Å². The van der Waals surface area contributed by atoms with E-state index in [-0.39, 0.29) is 11.7 Å². The van der Waals surface area contributed by atoms with Crippen molar-refractivity contribution < 1.29 is 9.50 Å². The molecule has 6 rings (SSSR count). The number of hydrogen-bond donors (Lipinski definition) is 3. The van der Waals surface area contributed by atoms with Gasteiger partial charge in [-0.05, 0) is 73.9 Å². The summed E-state index contributed by atoms with van der Waals surface area (Å²) < 4.78 is 14.1. The molecule has 1 aliphatic carbocycles. The molecule has 8 nitrogen and oxygen atoms in total. The van der Waals surface area contributed by atoms with Crippen LogP contribution in [-0.4, -0.2) is 49.2 Å². The molecule has 9 heteroatoms. The highest BCUT2D eigenvalue weighted by molar-refractivity contribution is 5.86. The Morgan fingerprint density at radius 1 is 1.09 bits per heavy atom. The fourth-order valence-electron chi connectivity index (χ4n) is 4.79. The minimum atomic E-state index is -0.455. The van der Waals surface area contributed by atoms with Crippen molar-refractivity contribution in [1.82, 2.24) is 30.2 Å². The molecule has 1 saturated heterocycles. The molecule has 3 N–H and O–H groups in total. The number of pyridine rings is 3. The molecular weight excluding hydrogens is 445 g/mol. The smallest absolute Gasteiger partial charge is 0.167 e. The van der Waals surface area contributed by atoms with Crippen LogP contribution in [0.25, 0.3) is 22.3 Å². The summed E-state index contributed by atoms with van der Waals surface area (Å²) >= 11 is 0. The van der Waals surface area contributed by atoms with E-state index in [2.05, 4.69) is 25.6 Å². The van der Waals surface area contributed by atoms with Crippen molar-refractivity contribution in [2.24, 2.45) is 5.92 Å². The number of halogens is 1. The SMILES string of the molecule is O[C@@H]1CNCCC1Cc1nc(-c2ccnc(Nc3ncccc3F)c2)nc2cncc(C3CC3)c12. The second kappa shape index (κ2) is 9.24. The van der Waals surface area contributed by atoms with Crippen LogP contribution in [0.4, 0.5) is 16.0 Å². The predicted molar refractivity (Wildman–Crippen MR) is 131 cm³/mol. The summed E-state index contributed by atoms with van der Waals surface area (Å²) in [5.41, 5.74) is 3.71. The van der Waals surface area contributed by atoms with Gasteiger partial charge in [0.1, 0.15) is 5.82 Å². The van der Waals surface area contributed by atoms with Crippen LogP contribution in [0.5, 0.6) is 0 Å². The van der Waals surface area contributed by atoms with E-state index in [1.165, 1.54) is 23.9 Å². The Hall–Kier alpha value is -3.56. The summed E-state index contributed by atoms with van der Waals surface area (Å²) in [6.07, 6.45) is 10.4. The Bertz CT molecular complexity index is 1380. The quantitative estimate of drug-likeness (QED) is 0.390. The summed E-state index contributed by atoms with van der Waals surface area (Å²) in [5, 5.41) is 17.9. The molecule has 2 aliphatic rings. The Kier molecular flexibility index (Phi) is 5.79. The number of fused-ring (bicyclic) bond motifs is 1. The first-order valence-corrected chi connectivity index (χ1v) is 12.0. The number of hydrogen-bond acceptors (Lipinski definition) is 8. The molecule has 0 radical (unpaired) electrons. The van der Waals surface area contributed by atoms with Crippen LogP contribution in [0.2, 0.25) is 0 Å². The maximum atomic E-state index is 14.1. The topological polar surface area (TPSA) is 109 Å². The van der Waals surface area contributed by atoms with Crippen molar-refractivity contribution in [3.8, 4) is 11.4 Å². The summed E-state index contributed by atoms with van der Waals surface area (Å²) in [5.74, 6) is 1.28. The third-order valence-corrected chi connectivity index (χ3v) is 6.80. The maximum Gasteiger partial charge on any atom is 0.167 e. The number of nitrogens with one attached hydrogen (secondary N) is 2. The van der Waals surface area contributed by atoms with Crippen LogP contribution < -0.4 is 10.6 Å². The van der Waals surface area contributed by atoms with Crippen molar-refractivity contribution in [2.75, 3.05) is 18.4 Å². The molecule has 35 heavy (non-hydrogen) atoms. The zero-order valence-electron chi connectivity index (χ0n) is 19.2. The van der Waals surface area contributed by atoms with E-state index >= 15 is 0 Å². The predicted octanol–water partition coefficient (Wildman–Crippen LogP) is 3.75. The number of piperidine rings is 1. The van der Waals surface area contributed by atoms with Gasteiger partial charge in [-0.3, -0.25) is 4.98 Å². The van der Waals surface area contributed by atoms with Gasteiger partial charge in [0.15, 0.2) is 17.5 Å². The van der Waals surface area contributed by atoms with E-state index in [1.807, 2.05) is 12.3 Å². The van der Waals surface area contributed by atoms with Crippen LogP contribution in [0.1, 0.15) is 36.4 Å². The van der Waals surface area contributed by atoms with Crippen LogP contribution in [0.3, 0.4) is 0 Å². The molecule has 2 fully saturated rings. The summed E-state index contributed by atoms with van der Waals surface area (Å²) in [7, 11) is 0. The fourth-order valence-corrected chi connectivity index (χ4v) is 4.79. The number of aromatic nitrogens is 5. The third kappa shape index (κ3) is 4.56. The lowest BCUT2D eigenvalue weighted by molar-refractivity contribution is 0.0817. The molecule has 0 aromatic carbocycles. The summed E-state index contributed by atoms with van der Waals surface area (Å²) in [4.78, 5) is 22.7. The Morgan fingerprint density at radius 2 is 2.00 bits per heavy atom. The van der Waals surface area contributed by atoms with Gasteiger partial charge in [-0.15, -0.1) is 0 Å². The second-order valence-electron chi connectivity index (χ2n) is 9.30. The molecule has 1 unspecified atom stereocenters. The number of nitrogens with zero attached hydrogens (tertiary/aromatic N) is 5. The van der Waals surface area contributed by atoms with E-state index in [1.54, 1.807) is 18.5 Å². The molecule has 0 spiro atoms. The fraction of sp³-hybridized carbons (Fsp3) is 0.346. The zero-order valence-corrected chi connectivity index (χ0v) is 19.2. The van der Waals surface area contributed by atoms with Crippen LogP contribution in [0.15, 0.2) is 49.1 Å². The van der Waals surface area contributed by atoms with Crippen molar-refractivity contribution in [3.05, 3.63) is 66.1 Å². The normalized spacial score (nSPS) is 20.2. The number of anilines is 2. The lowest BCUT2D eigenvalue weighted by Crippen LogP contribution is -2.41. The first-order chi connectivity index (χ1) is 17.2. The van der Waals surface area contributed by atoms with Crippen molar-refractivity contribution in [1.29, 1.82) is 0 Å². The lowest BCUT2D eigenvalue weighted by atomic mass is 9.88. The lowest BCUT2D eigenvalue weighted by Gasteiger charge is -2.28. The molecule has 178 valence electrons. The van der Waals surface area contributed by atoms with Crippen molar-refractivity contribution >= 4 is 22.5 Å². The van der Waals surface area contributed by atoms with E-state index in [0.29, 0.717) is 30.5 Å². The highest BCUT2D eigenvalue weighted by atomic mass is 19.1. The zero-order chi connectivity index (χ0) is 23.8. The average molecular weight is 472 g/mol. The second-order valence-corrected chi connectivity index (χ2v) is 9.30. The molecule has 4 aromatic rings. The van der Waals surface area contributed by atoms with Gasteiger partial charge in [0.25, 0.3) is 0 Å². The van der Waals surface area contributed by atoms with Crippen LogP contribution in [-0.2, 0) is 6.42 Å². The Morgan fingerprint density at radius 3 is 2.83 bits per heavy atom. The Balaban J connectivity index is 1.41. The molecule has 4 aromatic heterocycles. The number of β-amino-alcohol motifs (C(OH)–C–C–N with tert-alkyl or cyclic N) is 1. The molecular formula is C26H26FN7O. The van der Waals surface area contributed by atoms with Gasteiger partial charge in [0.05, 0.1) is 23.5 Å². The highest BCUT2D eigenvalue weighted by Crippen LogP contribution is 2.43. The van der Waals surface area contributed by atoms with Gasteiger partial charge in [0, 0.05) is 36.1 Å². The van der Waals surface area contributed by atoms with Gasteiger partial charge in [-0.25, -0.2) is 24.3 Å². The largest absolute Gasteiger partial charge is 0.392 e. The van der Waals surface area contributed by atoms with E-state index in [9.17, 15) is 9.50 Å². The Labute approximate surface area is 202 Å². The summed E-state index contributed by atoms with van der Waals surface area (Å²) in [6, 6.07) is 6.51. The van der Waals surface area contributed by atoms with Crippen LogP contribution in [0, 0.1) is 11.7 Å². The van der Waals surface area contributed by atoms with Gasteiger partial charge < -0.3 is 15.7 Å². The maximum absolute atomic E-state index is 14.1. The number of aliphatic hydroxyl groups is 1. The van der Waals surface area contributed by atoms with Crippen molar-refractivity contribution in [3.63, 3.8) is 0 Å². The molecule has 0 bridgehead atoms. The van der Waals surface area contributed by atoms with E-state index < -0.39 is 11.9 Å². The molecule has 1 aliphatic heterocycles. The van der Waals surface area contributed by atoms with Gasteiger partial charge >= 0.3 is 0 Å². The third-order valence-electron chi connectivity index (χ3n) is 6.80. The van der Waals surface area contributed by atoms with E-state index in [4.69, 9.17) is 9.97 Å². The van der Waals surface area contributed by atoms with Gasteiger partial charge in [-0.2, -0.15) is 0 Å². The van der Waals surface area contributed by atoms with E-state index in [0.717, 1.165) is 48.0 Å².